The van der Waals surface area contributed by atoms with E-state index in [-0.39, 0.29) is 17.3 Å². The van der Waals surface area contributed by atoms with E-state index in [9.17, 15) is 4.79 Å². The molecule has 3 rings (SSSR count). The van der Waals surface area contributed by atoms with Crippen molar-refractivity contribution in [1.82, 2.24) is 14.9 Å². The van der Waals surface area contributed by atoms with Gasteiger partial charge in [0.1, 0.15) is 31.4 Å². The first-order chi connectivity index (χ1) is 11.1. The SMILES string of the molecule is CCCN1C(=O)C(=C2Sc3nc(C#N)c(C#N)nc3S2)SC1=S. The molecule has 1 fully saturated rings. The average molecular weight is 378 g/mol. The van der Waals surface area contributed by atoms with Crippen LogP contribution < -0.4 is 0 Å². The van der Waals surface area contributed by atoms with Gasteiger partial charge in [0, 0.05) is 6.54 Å². The minimum atomic E-state index is -0.106. The van der Waals surface area contributed by atoms with Crippen LogP contribution >= 0.6 is 47.5 Å². The van der Waals surface area contributed by atoms with Gasteiger partial charge in [-0.3, -0.25) is 9.69 Å². The lowest BCUT2D eigenvalue weighted by Crippen LogP contribution is -2.28. The van der Waals surface area contributed by atoms with Crippen molar-refractivity contribution < 1.29 is 4.79 Å². The highest BCUT2D eigenvalue weighted by molar-refractivity contribution is 8.30. The molecular formula is C13H7N5OS4. The predicted molar refractivity (Wildman–Crippen MR) is 92.4 cm³/mol. The molecule has 0 saturated carbocycles. The number of carbonyl (C=O) groups is 1. The molecule has 2 aliphatic heterocycles. The zero-order valence-corrected chi connectivity index (χ0v) is 15.0. The maximum atomic E-state index is 12.5. The lowest BCUT2D eigenvalue weighted by molar-refractivity contribution is -0.122. The van der Waals surface area contributed by atoms with Gasteiger partial charge in [-0.2, -0.15) is 10.5 Å². The largest absolute Gasteiger partial charge is 0.293 e. The van der Waals surface area contributed by atoms with E-state index in [2.05, 4.69) is 9.97 Å². The first kappa shape index (κ1) is 16.3. The minimum absolute atomic E-state index is 0.000804. The van der Waals surface area contributed by atoms with E-state index in [1.807, 2.05) is 19.1 Å². The maximum Gasteiger partial charge on any atom is 0.267 e. The van der Waals surface area contributed by atoms with Crippen molar-refractivity contribution in [3.8, 4) is 12.1 Å². The monoisotopic (exact) mass is 377 g/mol. The molecule has 114 valence electrons. The molecule has 6 nitrogen and oxygen atoms in total. The summed E-state index contributed by atoms with van der Waals surface area (Å²) in [5, 5.41) is 19.1. The van der Waals surface area contributed by atoms with Gasteiger partial charge >= 0.3 is 0 Å². The van der Waals surface area contributed by atoms with Crippen molar-refractivity contribution in [2.45, 2.75) is 23.4 Å². The predicted octanol–water partition coefficient (Wildman–Crippen LogP) is 2.86. The number of rotatable bonds is 2. The van der Waals surface area contributed by atoms with Crippen molar-refractivity contribution in [2.24, 2.45) is 0 Å². The number of aromatic nitrogens is 2. The van der Waals surface area contributed by atoms with Crippen LogP contribution in [0.25, 0.3) is 0 Å². The quantitative estimate of drug-likeness (QED) is 0.569. The van der Waals surface area contributed by atoms with Crippen LogP contribution in [0.3, 0.4) is 0 Å². The molecule has 10 heteroatoms. The first-order valence-corrected chi connectivity index (χ1v) is 9.30. The van der Waals surface area contributed by atoms with Crippen molar-refractivity contribution in [2.75, 3.05) is 6.54 Å². The number of hydrogen-bond donors (Lipinski definition) is 0. The number of fused-ring (bicyclic) bond motifs is 1. The fourth-order valence-corrected chi connectivity index (χ4v) is 5.72. The summed E-state index contributed by atoms with van der Waals surface area (Å²) >= 11 is 9.11. The number of carbonyl (C=O) groups excluding carboxylic acids is 1. The molecule has 0 unspecified atom stereocenters. The molecule has 23 heavy (non-hydrogen) atoms. The Balaban J connectivity index is 1.97. The van der Waals surface area contributed by atoms with Crippen LogP contribution in [0, 0.1) is 22.7 Å². The van der Waals surface area contributed by atoms with Crippen molar-refractivity contribution in [1.29, 1.82) is 10.5 Å². The second-order valence-corrected chi connectivity index (χ2v) is 8.30. The highest BCUT2D eigenvalue weighted by Gasteiger charge is 2.37. The molecular weight excluding hydrogens is 370 g/mol. The normalized spacial score (nSPS) is 16.6. The summed E-state index contributed by atoms with van der Waals surface area (Å²) in [6.07, 6.45) is 0.829. The number of thiocarbonyl (C=S) groups is 1. The molecule has 3 heterocycles. The van der Waals surface area contributed by atoms with Crippen molar-refractivity contribution >= 4 is 57.7 Å². The van der Waals surface area contributed by atoms with Crippen LogP contribution in [0.15, 0.2) is 19.2 Å². The highest BCUT2D eigenvalue weighted by Crippen LogP contribution is 2.53. The Morgan fingerprint density at radius 2 is 1.70 bits per heavy atom. The molecule has 0 aliphatic carbocycles. The number of thioether (sulfide) groups is 3. The highest BCUT2D eigenvalue weighted by atomic mass is 32.2. The van der Waals surface area contributed by atoms with Crippen molar-refractivity contribution in [3.05, 3.63) is 20.5 Å². The molecule has 0 spiro atoms. The van der Waals surface area contributed by atoms with E-state index in [1.54, 1.807) is 4.90 Å². The van der Waals surface area contributed by atoms with Gasteiger partial charge in [-0.1, -0.05) is 54.4 Å². The number of nitrogens with zero attached hydrogens (tertiary/aromatic N) is 5. The van der Waals surface area contributed by atoms with Crippen LogP contribution in [-0.2, 0) is 4.79 Å². The van der Waals surface area contributed by atoms with Crippen LogP contribution in [0.2, 0.25) is 0 Å². The van der Waals surface area contributed by atoms with E-state index >= 15 is 0 Å². The summed E-state index contributed by atoms with van der Waals surface area (Å²) in [6.45, 7) is 2.58. The third kappa shape index (κ3) is 2.83. The molecule has 1 aromatic rings. The number of nitriles is 2. The third-order valence-corrected chi connectivity index (χ3v) is 6.98. The fourth-order valence-electron chi connectivity index (χ4n) is 1.92. The Labute approximate surface area is 150 Å². The molecule has 0 bridgehead atoms. The lowest BCUT2D eigenvalue weighted by atomic mass is 10.3. The van der Waals surface area contributed by atoms with Gasteiger partial charge in [-0.15, -0.1) is 0 Å². The Bertz CT molecular complexity index is 806. The topological polar surface area (TPSA) is 93.7 Å². The molecule has 0 radical (unpaired) electrons. The fraction of sp³-hybridized carbons (Fsp3) is 0.231. The number of hydrogen-bond acceptors (Lipinski definition) is 9. The lowest BCUT2D eigenvalue weighted by Gasteiger charge is -2.12. The van der Waals surface area contributed by atoms with E-state index in [0.717, 1.165) is 10.7 Å². The van der Waals surface area contributed by atoms with E-state index < -0.39 is 0 Å². The van der Waals surface area contributed by atoms with Gasteiger partial charge in [-0.25, -0.2) is 9.97 Å². The number of amides is 1. The second kappa shape index (κ2) is 6.49. The molecule has 1 aromatic heterocycles. The Morgan fingerprint density at radius 1 is 1.13 bits per heavy atom. The van der Waals surface area contributed by atoms with E-state index in [4.69, 9.17) is 22.7 Å². The Hall–Kier alpha value is -1.59. The van der Waals surface area contributed by atoms with Crippen LogP contribution in [0.5, 0.6) is 0 Å². The summed E-state index contributed by atoms with van der Waals surface area (Å²) in [7, 11) is 0. The maximum absolute atomic E-state index is 12.5. The second-order valence-electron chi connectivity index (χ2n) is 4.40. The van der Waals surface area contributed by atoms with E-state index in [1.165, 1.54) is 35.3 Å². The summed E-state index contributed by atoms with van der Waals surface area (Å²) < 4.78 is 1.29. The van der Waals surface area contributed by atoms with Crippen molar-refractivity contribution in [3.63, 3.8) is 0 Å². The molecule has 1 saturated heterocycles. The van der Waals surface area contributed by atoms with Crippen LogP contribution in [0.1, 0.15) is 24.7 Å². The van der Waals surface area contributed by atoms with Crippen LogP contribution in [-0.4, -0.2) is 31.6 Å². The third-order valence-electron chi connectivity index (χ3n) is 2.91. The molecule has 0 N–H and O–H groups in total. The summed E-state index contributed by atoms with van der Waals surface area (Å²) in [4.78, 5) is 23.0. The molecule has 0 aromatic carbocycles. The molecule has 2 aliphatic rings. The van der Waals surface area contributed by atoms with Gasteiger partial charge in [0.25, 0.3) is 5.91 Å². The van der Waals surface area contributed by atoms with Gasteiger partial charge < -0.3 is 0 Å². The van der Waals surface area contributed by atoms with Crippen LogP contribution in [0.4, 0.5) is 0 Å². The van der Waals surface area contributed by atoms with E-state index in [0.29, 0.717) is 25.8 Å². The average Bonchev–Trinajstić information content (AvgIpc) is 3.08. The molecule has 1 amide bonds. The standard InChI is InChI=1S/C13H7N5OS4/c1-2-3-18-11(19)8(21-13(18)20)12-22-9-10(23-12)17-7(5-15)6(4-14)16-9/h2-3H2,1H3. The zero-order valence-electron chi connectivity index (χ0n) is 11.7. The smallest absolute Gasteiger partial charge is 0.267 e. The summed E-state index contributed by atoms with van der Waals surface area (Å²) in [5.74, 6) is -0.106. The van der Waals surface area contributed by atoms with Gasteiger partial charge in [-0.05, 0) is 6.42 Å². The Morgan fingerprint density at radius 3 is 2.17 bits per heavy atom. The summed E-state index contributed by atoms with van der Waals surface area (Å²) in [6, 6.07) is 3.73. The minimum Gasteiger partial charge on any atom is -0.293 e. The van der Waals surface area contributed by atoms with Gasteiger partial charge in [0.15, 0.2) is 11.4 Å². The molecule has 0 atom stereocenters. The van der Waals surface area contributed by atoms with Gasteiger partial charge in [0.05, 0.1) is 4.24 Å². The summed E-state index contributed by atoms with van der Waals surface area (Å²) in [5.41, 5.74) is -0.00161. The zero-order chi connectivity index (χ0) is 16.6. The first-order valence-electron chi connectivity index (χ1n) is 6.45. The Kier molecular flexibility index (Phi) is 4.60. The van der Waals surface area contributed by atoms with Gasteiger partial charge in [0.2, 0.25) is 0 Å².